The number of nitrogens with one attached hydrogen (secondary N) is 1. The monoisotopic (exact) mass is 304 g/mol. The van der Waals surface area contributed by atoms with Crippen molar-refractivity contribution in [2.24, 2.45) is 0 Å². The number of carbonyl (C=O) groups is 1. The molecule has 5 nitrogen and oxygen atoms in total. The van der Waals surface area contributed by atoms with Crippen LogP contribution < -0.4 is 5.32 Å². The quantitative estimate of drug-likeness (QED) is 0.523. The van der Waals surface area contributed by atoms with Gasteiger partial charge in [-0.05, 0) is 24.1 Å². The van der Waals surface area contributed by atoms with Gasteiger partial charge in [0.25, 0.3) is 5.69 Å². The van der Waals surface area contributed by atoms with Crippen LogP contribution >= 0.6 is 11.6 Å². The highest BCUT2D eigenvalue weighted by Crippen LogP contribution is 2.17. The summed E-state index contributed by atoms with van der Waals surface area (Å²) in [6.45, 7) is 0. The van der Waals surface area contributed by atoms with Gasteiger partial charge >= 0.3 is 0 Å². The van der Waals surface area contributed by atoms with Crippen LogP contribution in [-0.2, 0) is 11.2 Å². The molecule has 108 valence electrons. The summed E-state index contributed by atoms with van der Waals surface area (Å²) >= 11 is 6.08. The zero-order valence-electron chi connectivity index (χ0n) is 11.0. The van der Waals surface area contributed by atoms with Crippen LogP contribution in [-0.4, -0.2) is 16.2 Å². The van der Waals surface area contributed by atoms with Crippen molar-refractivity contribution in [2.75, 3.05) is 5.32 Å². The number of nitro groups is 1. The maximum absolute atomic E-state index is 12.0. The fourth-order valence-corrected chi connectivity index (χ4v) is 2.03. The minimum atomic E-state index is -0.706. The predicted octanol–water partition coefficient (Wildman–Crippen LogP) is 3.38. The summed E-state index contributed by atoms with van der Waals surface area (Å²) in [7, 11) is 0. The molecule has 1 amide bonds. The predicted molar refractivity (Wildman–Crippen MR) is 81.5 cm³/mol. The Morgan fingerprint density at radius 2 is 1.76 bits per heavy atom. The van der Waals surface area contributed by atoms with Gasteiger partial charge in [-0.25, -0.2) is 0 Å². The Balaban J connectivity index is 1.95. The van der Waals surface area contributed by atoms with Crippen LogP contribution in [0.4, 0.5) is 11.4 Å². The normalized spacial score (nSPS) is 11.7. The molecule has 0 spiro atoms. The maximum atomic E-state index is 12.0. The summed E-state index contributed by atoms with van der Waals surface area (Å²) < 4.78 is 0. The molecule has 0 aliphatic rings. The second kappa shape index (κ2) is 6.85. The fourth-order valence-electron chi connectivity index (χ4n) is 1.80. The molecule has 0 bridgehead atoms. The van der Waals surface area contributed by atoms with E-state index in [1.807, 2.05) is 30.3 Å². The minimum absolute atomic E-state index is 0.0280. The van der Waals surface area contributed by atoms with Crippen molar-refractivity contribution in [2.45, 2.75) is 11.8 Å². The third kappa shape index (κ3) is 4.29. The molecular weight excluding hydrogens is 292 g/mol. The third-order valence-corrected chi connectivity index (χ3v) is 3.24. The Kier molecular flexibility index (Phi) is 4.90. The lowest BCUT2D eigenvalue weighted by atomic mass is 10.1. The van der Waals surface area contributed by atoms with Crippen molar-refractivity contribution in [3.05, 3.63) is 70.3 Å². The molecule has 2 aromatic rings. The molecule has 6 heteroatoms. The summed E-state index contributed by atoms with van der Waals surface area (Å²) in [4.78, 5) is 22.0. The van der Waals surface area contributed by atoms with Crippen molar-refractivity contribution in [1.29, 1.82) is 0 Å². The summed E-state index contributed by atoms with van der Waals surface area (Å²) in [5.74, 6) is -0.339. The summed E-state index contributed by atoms with van der Waals surface area (Å²) in [6, 6.07) is 15.1. The van der Waals surface area contributed by atoms with Crippen molar-refractivity contribution < 1.29 is 9.72 Å². The number of halogens is 1. The zero-order valence-corrected chi connectivity index (χ0v) is 11.8. The average Bonchev–Trinajstić information content (AvgIpc) is 2.48. The van der Waals surface area contributed by atoms with E-state index < -0.39 is 10.3 Å². The van der Waals surface area contributed by atoms with Crippen molar-refractivity contribution in [3.8, 4) is 0 Å². The molecule has 0 saturated carbocycles. The largest absolute Gasteiger partial charge is 0.325 e. The molecule has 0 aliphatic carbocycles. The van der Waals surface area contributed by atoms with Crippen LogP contribution in [0.25, 0.3) is 0 Å². The van der Waals surface area contributed by atoms with Crippen LogP contribution in [0.3, 0.4) is 0 Å². The van der Waals surface area contributed by atoms with Crippen molar-refractivity contribution in [1.82, 2.24) is 0 Å². The summed E-state index contributed by atoms with van der Waals surface area (Å²) in [5, 5.41) is 12.5. The highest BCUT2D eigenvalue weighted by molar-refractivity contribution is 6.32. The first-order valence-electron chi connectivity index (χ1n) is 6.29. The molecule has 21 heavy (non-hydrogen) atoms. The summed E-state index contributed by atoms with van der Waals surface area (Å²) in [5.41, 5.74) is 1.42. The van der Waals surface area contributed by atoms with E-state index in [9.17, 15) is 14.9 Å². The Bertz CT molecular complexity index is 629. The number of carbonyl (C=O) groups excluding carboxylic acids is 1. The second-order valence-corrected chi connectivity index (χ2v) is 4.98. The number of hydrogen-bond donors (Lipinski definition) is 1. The lowest BCUT2D eigenvalue weighted by Crippen LogP contribution is -2.25. The molecule has 0 unspecified atom stereocenters. The number of benzene rings is 2. The van der Waals surface area contributed by atoms with E-state index in [-0.39, 0.29) is 11.6 Å². The third-order valence-electron chi connectivity index (χ3n) is 2.89. The van der Waals surface area contributed by atoms with E-state index in [1.54, 1.807) is 0 Å². The van der Waals surface area contributed by atoms with E-state index in [1.165, 1.54) is 24.3 Å². The van der Waals surface area contributed by atoms with Gasteiger partial charge in [0.1, 0.15) is 5.38 Å². The van der Waals surface area contributed by atoms with E-state index >= 15 is 0 Å². The van der Waals surface area contributed by atoms with Gasteiger partial charge in [-0.2, -0.15) is 0 Å². The van der Waals surface area contributed by atoms with Crippen LogP contribution in [0.2, 0.25) is 0 Å². The smallest absolute Gasteiger partial charge is 0.269 e. The first-order valence-corrected chi connectivity index (χ1v) is 6.73. The maximum Gasteiger partial charge on any atom is 0.269 e. The molecule has 0 saturated heterocycles. The number of non-ortho nitro benzene ring substituents is 1. The molecule has 0 aromatic heterocycles. The standard InChI is InChI=1S/C15H13ClN2O3/c16-14(10-11-4-2-1-3-5-11)15(19)17-12-6-8-13(9-7-12)18(20)21/h1-9,14H,10H2,(H,17,19)/t14-/m0/s1. The minimum Gasteiger partial charge on any atom is -0.325 e. The molecule has 0 aliphatic heterocycles. The molecular formula is C15H13ClN2O3. The zero-order chi connectivity index (χ0) is 15.2. The molecule has 0 fully saturated rings. The lowest BCUT2D eigenvalue weighted by Gasteiger charge is -2.10. The molecule has 0 heterocycles. The van der Waals surface area contributed by atoms with E-state index in [0.29, 0.717) is 12.1 Å². The Labute approximate surface area is 126 Å². The molecule has 1 atom stereocenters. The van der Waals surface area contributed by atoms with Crippen LogP contribution in [0.15, 0.2) is 54.6 Å². The van der Waals surface area contributed by atoms with Gasteiger partial charge in [-0.1, -0.05) is 30.3 Å². The van der Waals surface area contributed by atoms with E-state index in [0.717, 1.165) is 5.56 Å². The van der Waals surface area contributed by atoms with Crippen molar-refractivity contribution in [3.63, 3.8) is 0 Å². The number of alkyl halides is 1. The number of amides is 1. The Morgan fingerprint density at radius 1 is 1.14 bits per heavy atom. The van der Waals surface area contributed by atoms with Crippen LogP contribution in [0.5, 0.6) is 0 Å². The highest BCUT2D eigenvalue weighted by Gasteiger charge is 2.16. The average molecular weight is 305 g/mol. The van der Waals surface area contributed by atoms with Gasteiger partial charge in [-0.15, -0.1) is 11.6 Å². The second-order valence-electron chi connectivity index (χ2n) is 4.45. The first-order chi connectivity index (χ1) is 10.1. The molecule has 2 aromatic carbocycles. The Morgan fingerprint density at radius 3 is 2.33 bits per heavy atom. The van der Waals surface area contributed by atoms with Crippen LogP contribution in [0, 0.1) is 10.1 Å². The highest BCUT2D eigenvalue weighted by atomic mass is 35.5. The number of rotatable bonds is 5. The number of nitro benzene ring substituents is 1. The van der Waals surface area contributed by atoms with Crippen LogP contribution in [0.1, 0.15) is 5.56 Å². The van der Waals surface area contributed by atoms with E-state index in [4.69, 9.17) is 11.6 Å². The van der Waals surface area contributed by atoms with Gasteiger partial charge in [0.05, 0.1) is 4.92 Å². The molecule has 1 N–H and O–H groups in total. The van der Waals surface area contributed by atoms with Gasteiger partial charge in [0.15, 0.2) is 0 Å². The number of nitrogens with zero attached hydrogens (tertiary/aromatic N) is 1. The summed E-state index contributed by atoms with van der Waals surface area (Å²) in [6.07, 6.45) is 0.418. The fraction of sp³-hybridized carbons (Fsp3) is 0.133. The van der Waals surface area contributed by atoms with Gasteiger partial charge < -0.3 is 5.32 Å². The van der Waals surface area contributed by atoms with Gasteiger partial charge in [0, 0.05) is 17.8 Å². The molecule has 0 radical (unpaired) electrons. The van der Waals surface area contributed by atoms with Crippen molar-refractivity contribution >= 4 is 28.9 Å². The van der Waals surface area contributed by atoms with E-state index in [2.05, 4.69) is 5.32 Å². The van der Waals surface area contributed by atoms with Gasteiger partial charge in [0.2, 0.25) is 5.91 Å². The number of hydrogen-bond acceptors (Lipinski definition) is 3. The lowest BCUT2D eigenvalue weighted by molar-refractivity contribution is -0.384. The first kappa shape index (κ1) is 15.0. The Hall–Kier alpha value is -2.40. The molecule has 2 rings (SSSR count). The topological polar surface area (TPSA) is 72.2 Å². The SMILES string of the molecule is O=C(Nc1ccc([N+](=O)[O-])cc1)[C@@H](Cl)Cc1ccccc1. The van der Waals surface area contributed by atoms with Gasteiger partial charge in [-0.3, -0.25) is 14.9 Å². The number of anilines is 1.